The van der Waals surface area contributed by atoms with Gasteiger partial charge in [0.2, 0.25) is 0 Å². The first kappa shape index (κ1) is 12.4. The van der Waals surface area contributed by atoms with Gasteiger partial charge < -0.3 is 15.2 Å². The van der Waals surface area contributed by atoms with E-state index in [1.54, 1.807) is 6.92 Å². The molecule has 0 heterocycles. The second-order valence-electron chi connectivity index (χ2n) is 3.54. The van der Waals surface area contributed by atoms with Crippen LogP contribution in [-0.4, -0.2) is 18.5 Å². The fraction of sp³-hybridized carbons (Fsp3) is 0.417. The van der Waals surface area contributed by atoms with E-state index in [4.69, 9.17) is 20.6 Å². The van der Waals surface area contributed by atoms with Gasteiger partial charge >= 0.3 is 0 Å². The summed E-state index contributed by atoms with van der Waals surface area (Å²) in [6.07, 6.45) is 0.585. The molecule has 1 unspecified atom stereocenters. The average molecular weight is 222 g/mol. The Labute approximate surface area is 95.9 Å². The highest BCUT2D eigenvalue weighted by atomic mass is 16.5. The summed E-state index contributed by atoms with van der Waals surface area (Å²) in [6, 6.07) is 7.31. The molecule has 3 N–H and O–H groups in total. The van der Waals surface area contributed by atoms with Crippen molar-refractivity contribution in [3.63, 3.8) is 0 Å². The van der Waals surface area contributed by atoms with Crippen LogP contribution in [0.1, 0.15) is 20.3 Å². The predicted octanol–water partition coefficient (Wildman–Crippen LogP) is 2.18. The molecule has 0 aromatic heterocycles. The minimum absolute atomic E-state index is 0.0197. The summed E-state index contributed by atoms with van der Waals surface area (Å²) in [4.78, 5) is 0. The highest BCUT2D eigenvalue weighted by molar-refractivity contribution is 5.81. The molecule has 0 aliphatic heterocycles. The van der Waals surface area contributed by atoms with Crippen LogP contribution in [0.4, 0.5) is 0 Å². The standard InChI is InChI=1S/C12H18N2O2/c1-3-8-15-10-4-6-11(7-5-10)16-9(2)12(13)14/h4-7,9H,3,8H2,1-2H3,(H3,13,14). The van der Waals surface area contributed by atoms with E-state index >= 15 is 0 Å². The molecule has 0 aliphatic carbocycles. The number of nitrogens with two attached hydrogens (primary N) is 1. The van der Waals surface area contributed by atoms with Crippen LogP contribution in [0.25, 0.3) is 0 Å². The summed E-state index contributed by atoms with van der Waals surface area (Å²) >= 11 is 0. The molecule has 88 valence electrons. The lowest BCUT2D eigenvalue weighted by atomic mass is 10.3. The van der Waals surface area contributed by atoms with E-state index in [0.29, 0.717) is 12.4 Å². The molecule has 0 bridgehead atoms. The highest BCUT2D eigenvalue weighted by Crippen LogP contribution is 2.18. The maximum atomic E-state index is 7.21. The van der Waals surface area contributed by atoms with Gasteiger partial charge in [-0.25, -0.2) is 0 Å². The van der Waals surface area contributed by atoms with Gasteiger partial charge in [0.25, 0.3) is 0 Å². The van der Waals surface area contributed by atoms with Gasteiger partial charge in [-0.1, -0.05) is 6.92 Å². The maximum absolute atomic E-state index is 7.21. The zero-order valence-corrected chi connectivity index (χ0v) is 9.69. The van der Waals surface area contributed by atoms with Gasteiger partial charge in [-0.3, -0.25) is 5.41 Å². The van der Waals surface area contributed by atoms with E-state index in [-0.39, 0.29) is 5.84 Å². The van der Waals surface area contributed by atoms with Gasteiger partial charge in [-0.05, 0) is 37.6 Å². The topological polar surface area (TPSA) is 68.3 Å². The van der Waals surface area contributed by atoms with E-state index in [2.05, 4.69) is 6.92 Å². The molecule has 4 heteroatoms. The molecular formula is C12H18N2O2. The Bertz CT molecular complexity index is 335. The van der Waals surface area contributed by atoms with Crippen molar-refractivity contribution in [1.82, 2.24) is 0 Å². The van der Waals surface area contributed by atoms with E-state index in [0.717, 1.165) is 12.2 Å². The normalized spacial score (nSPS) is 11.9. The molecule has 0 radical (unpaired) electrons. The first-order valence-corrected chi connectivity index (χ1v) is 5.37. The van der Waals surface area contributed by atoms with Gasteiger partial charge in [-0.2, -0.15) is 0 Å². The summed E-state index contributed by atoms with van der Waals surface area (Å²) in [5, 5.41) is 7.21. The predicted molar refractivity (Wildman–Crippen MR) is 64.2 cm³/mol. The minimum Gasteiger partial charge on any atom is -0.494 e. The van der Waals surface area contributed by atoms with Crippen LogP contribution in [0.5, 0.6) is 11.5 Å². The summed E-state index contributed by atoms with van der Waals surface area (Å²) in [6.45, 7) is 4.51. The van der Waals surface area contributed by atoms with Crippen LogP contribution in [0.2, 0.25) is 0 Å². The van der Waals surface area contributed by atoms with E-state index in [1.165, 1.54) is 0 Å². The Morgan fingerprint density at radius 2 is 1.88 bits per heavy atom. The second-order valence-corrected chi connectivity index (χ2v) is 3.54. The Kier molecular flexibility index (Phi) is 4.64. The number of benzene rings is 1. The van der Waals surface area contributed by atoms with Gasteiger partial charge in [0.1, 0.15) is 17.3 Å². The van der Waals surface area contributed by atoms with Gasteiger partial charge in [-0.15, -0.1) is 0 Å². The van der Waals surface area contributed by atoms with Crippen molar-refractivity contribution in [2.45, 2.75) is 26.4 Å². The molecule has 0 aliphatic rings. The Morgan fingerprint density at radius 1 is 1.31 bits per heavy atom. The lowest BCUT2D eigenvalue weighted by Crippen LogP contribution is -2.29. The van der Waals surface area contributed by atoms with Crippen LogP contribution in [0.3, 0.4) is 0 Å². The summed E-state index contributed by atoms with van der Waals surface area (Å²) in [5.74, 6) is 1.53. The van der Waals surface area contributed by atoms with E-state index in [1.807, 2.05) is 24.3 Å². The number of rotatable bonds is 6. The summed E-state index contributed by atoms with van der Waals surface area (Å²) in [5.41, 5.74) is 5.31. The zero-order chi connectivity index (χ0) is 12.0. The fourth-order valence-electron chi connectivity index (χ4n) is 1.10. The third-order valence-electron chi connectivity index (χ3n) is 2.05. The van der Waals surface area contributed by atoms with Crippen molar-refractivity contribution in [3.8, 4) is 11.5 Å². The van der Waals surface area contributed by atoms with Crippen molar-refractivity contribution in [2.24, 2.45) is 5.73 Å². The van der Waals surface area contributed by atoms with Gasteiger partial charge in [0.05, 0.1) is 6.61 Å². The van der Waals surface area contributed by atoms with Crippen LogP contribution in [0.15, 0.2) is 24.3 Å². The third kappa shape index (κ3) is 3.81. The first-order chi connectivity index (χ1) is 7.63. The summed E-state index contributed by atoms with van der Waals surface area (Å²) < 4.78 is 10.9. The highest BCUT2D eigenvalue weighted by Gasteiger charge is 2.06. The monoisotopic (exact) mass is 222 g/mol. The van der Waals surface area contributed by atoms with Crippen molar-refractivity contribution >= 4 is 5.84 Å². The molecule has 1 aromatic carbocycles. The Balaban J connectivity index is 2.54. The Morgan fingerprint density at radius 3 is 2.38 bits per heavy atom. The molecule has 16 heavy (non-hydrogen) atoms. The molecule has 0 saturated carbocycles. The molecule has 4 nitrogen and oxygen atoms in total. The SMILES string of the molecule is CCCOc1ccc(OC(C)C(=N)N)cc1. The van der Waals surface area contributed by atoms with Crippen molar-refractivity contribution < 1.29 is 9.47 Å². The molecule has 1 rings (SSSR count). The van der Waals surface area contributed by atoms with Crippen molar-refractivity contribution in [2.75, 3.05) is 6.61 Å². The molecule has 0 saturated heterocycles. The molecule has 0 amide bonds. The van der Waals surface area contributed by atoms with Crippen LogP contribution in [0, 0.1) is 5.41 Å². The maximum Gasteiger partial charge on any atom is 0.152 e. The molecule has 1 atom stereocenters. The second kappa shape index (κ2) is 6.00. The number of ether oxygens (including phenoxy) is 2. The quantitative estimate of drug-likeness (QED) is 0.572. The van der Waals surface area contributed by atoms with Crippen LogP contribution in [-0.2, 0) is 0 Å². The lowest BCUT2D eigenvalue weighted by molar-refractivity contribution is 0.282. The Hall–Kier alpha value is -1.71. The lowest BCUT2D eigenvalue weighted by Gasteiger charge is -2.13. The third-order valence-corrected chi connectivity index (χ3v) is 2.05. The van der Waals surface area contributed by atoms with Crippen LogP contribution >= 0.6 is 0 Å². The average Bonchev–Trinajstić information content (AvgIpc) is 2.28. The number of hydrogen-bond donors (Lipinski definition) is 2. The smallest absolute Gasteiger partial charge is 0.152 e. The largest absolute Gasteiger partial charge is 0.494 e. The van der Waals surface area contributed by atoms with Gasteiger partial charge in [0, 0.05) is 0 Å². The molecule has 0 fully saturated rings. The zero-order valence-electron chi connectivity index (χ0n) is 9.69. The number of hydrogen-bond acceptors (Lipinski definition) is 3. The molecule has 1 aromatic rings. The van der Waals surface area contributed by atoms with Crippen molar-refractivity contribution in [1.29, 1.82) is 5.41 Å². The number of nitrogens with one attached hydrogen (secondary N) is 1. The van der Waals surface area contributed by atoms with Crippen molar-refractivity contribution in [3.05, 3.63) is 24.3 Å². The van der Waals surface area contributed by atoms with Gasteiger partial charge in [0.15, 0.2) is 6.10 Å². The number of amidine groups is 1. The molecular weight excluding hydrogens is 204 g/mol. The minimum atomic E-state index is -0.401. The molecule has 0 spiro atoms. The van der Waals surface area contributed by atoms with E-state index in [9.17, 15) is 0 Å². The van der Waals surface area contributed by atoms with Crippen LogP contribution < -0.4 is 15.2 Å². The fourth-order valence-corrected chi connectivity index (χ4v) is 1.10. The summed E-state index contributed by atoms with van der Waals surface area (Å²) in [7, 11) is 0. The first-order valence-electron chi connectivity index (χ1n) is 5.37. The van der Waals surface area contributed by atoms with E-state index < -0.39 is 6.10 Å².